The van der Waals surface area contributed by atoms with Gasteiger partial charge in [-0.3, -0.25) is 19.7 Å². The minimum atomic E-state index is -0.782. The highest BCUT2D eigenvalue weighted by Gasteiger charge is 2.19. The van der Waals surface area contributed by atoms with Crippen molar-refractivity contribution in [2.75, 3.05) is 18.2 Å². The lowest BCUT2D eigenvalue weighted by Crippen LogP contribution is -2.16. The highest BCUT2D eigenvalue weighted by Crippen LogP contribution is 2.30. The smallest absolute Gasteiger partial charge is 0.350 e. The standard InChI is InChI=1S/C15H13N3O6S2/c1-24-15(21)13-9(4-5-25-13)17-12(19)7-26-11-3-2-8(14(16)20)6-10(11)18(22)23/h2-6H,7H2,1H3,(H2,16,20)(H,17,19). The highest BCUT2D eigenvalue weighted by atomic mass is 32.2. The second-order valence-electron chi connectivity index (χ2n) is 4.80. The van der Waals surface area contributed by atoms with Crippen LogP contribution < -0.4 is 11.1 Å². The van der Waals surface area contributed by atoms with Crippen LogP contribution in [0.15, 0.2) is 34.5 Å². The van der Waals surface area contributed by atoms with Crippen LogP contribution >= 0.6 is 23.1 Å². The molecule has 3 N–H and O–H groups in total. The van der Waals surface area contributed by atoms with Gasteiger partial charge in [0, 0.05) is 11.6 Å². The maximum atomic E-state index is 12.1. The van der Waals surface area contributed by atoms with Crippen LogP contribution in [0.3, 0.4) is 0 Å². The van der Waals surface area contributed by atoms with Crippen molar-refractivity contribution in [3.8, 4) is 0 Å². The zero-order valence-electron chi connectivity index (χ0n) is 13.4. The minimum absolute atomic E-state index is 0.00601. The van der Waals surface area contributed by atoms with Crippen molar-refractivity contribution in [1.82, 2.24) is 0 Å². The van der Waals surface area contributed by atoms with Crippen molar-refractivity contribution < 1.29 is 24.0 Å². The number of carbonyl (C=O) groups is 3. The molecule has 0 aliphatic heterocycles. The van der Waals surface area contributed by atoms with Crippen molar-refractivity contribution in [2.24, 2.45) is 5.73 Å². The van der Waals surface area contributed by atoms with Gasteiger partial charge in [0.05, 0.1) is 28.4 Å². The maximum absolute atomic E-state index is 12.1. The molecule has 26 heavy (non-hydrogen) atoms. The lowest BCUT2D eigenvalue weighted by molar-refractivity contribution is -0.387. The average Bonchev–Trinajstić information content (AvgIpc) is 3.06. The van der Waals surface area contributed by atoms with Crippen LogP contribution in [0, 0.1) is 10.1 Å². The molecule has 0 bridgehead atoms. The fourth-order valence-corrected chi connectivity index (χ4v) is 3.49. The van der Waals surface area contributed by atoms with Crippen molar-refractivity contribution >= 4 is 52.3 Å². The third kappa shape index (κ3) is 4.58. The Labute approximate surface area is 155 Å². The van der Waals surface area contributed by atoms with Crippen LogP contribution in [-0.2, 0) is 9.53 Å². The number of nitrogens with two attached hydrogens (primary N) is 1. The monoisotopic (exact) mass is 395 g/mol. The number of nitrogens with one attached hydrogen (secondary N) is 1. The molecule has 0 saturated carbocycles. The Hall–Kier alpha value is -2.92. The molecule has 9 nitrogen and oxygen atoms in total. The van der Waals surface area contributed by atoms with Gasteiger partial charge in [0.25, 0.3) is 5.69 Å². The molecule has 1 aromatic heterocycles. The van der Waals surface area contributed by atoms with E-state index in [1.54, 1.807) is 11.4 Å². The van der Waals surface area contributed by atoms with E-state index in [0.717, 1.165) is 29.2 Å². The van der Waals surface area contributed by atoms with Crippen molar-refractivity contribution in [2.45, 2.75) is 4.90 Å². The molecule has 11 heteroatoms. The lowest BCUT2D eigenvalue weighted by Gasteiger charge is -2.06. The number of hydrogen-bond acceptors (Lipinski definition) is 8. The molecule has 0 aliphatic rings. The molecular weight excluding hydrogens is 382 g/mol. The second-order valence-corrected chi connectivity index (χ2v) is 6.73. The SMILES string of the molecule is COC(=O)c1sccc1NC(=O)CSc1ccc(C(N)=O)cc1[N+](=O)[O-]. The number of thiophene rings is 1. The van der Waals surface area contributed by atoms with E-state index in [9.17, 15) is 24.5 Å². The first-order chi connectivity index (χ1) is 12.3. The van der Waals surface area contributed by atoms with Gasteiger partial charge in [-0.2, -0.15) is 0 Å². The Morgan fingerprint density at radius 3 is 2.69 bits per heavy atom. The van der Waals surface area contributed by atoms with Crippen LogP contribution in [0.1, 0.15) is 20.0 Å². The van der Waals surface area contributed by atoms with Gasteiger partial charge in [-0.15, -0.1) is 23.1 Å². The number of benzene rings is 1. The molecule has 0 aliphatic carbocycles. The van der Waals surface area contributed by atoms with Gasteiger partial charge in [0.2, 0.25) is 11.8 Å². The number of carbonyl (C=O) groups excluding carboxylic acids is 3. The molecule has 2 rings (SSSR count). The first-order valence-corrected chi connectivity index (χ1v) is 8.86. The number of methoxy groups -OCH3 is 1. The van der Waals surface area contributed by atoms with E-state index in [2.05, 4.69) is 10.1 Å². The van der Waals surface area contributed by atoms with Crippen LogP contribution in [0.5, 0.6) is 0 Å². The van der Waals surface area contributed by atoms with Gasteiger partial charge in [-0.05, 0) is 23.6 Å². The minimum Gasteiger partial charge on any atom is -0.465 e. The number of hydrogen-bond donors (Lipinski definition) is 2. The summed E-state index contributed by atoms with van der Waals surface area (Å²) in [7, 11) is 1.23. The largest absolute Gasteiger partial charge is 0.465 e. The fraction of sp³-hybridized carbons (Fsp3) is 0.133. The van der Waals surface area contributed by atoms with Crippen LogP contribution in [0.2, 0.25) is 0 Å². The van der Waals surface area contributed by atoms with Gasteiger partial charge < -0.3 is 15.8 Å². The summed E-state index contributed by atoms with van der Waals surface area (Å²) < 4.78 is 4.62. The van der Waals surface area contributed by atoms with E-state index < -0.39 is 22.7 Å². The van der Waals surface area contributed by atoms with Gasteiger partial charge in [0.1, 0.15) is 4.88 Å². The normalized spacial score (nSPS) is 10.2. The number of amides is 2. The zero-order chi connectivity index (χ0) is 19.3. The third-order valence-electron chi connectivity index (χ3n) is 3.11. The molecule has 0 atom stereocenters. The molecule has 0 unspecified atom stereocenters. The molecule has 136 valence electrons. The molecule has 2 aromatic rings. The number of nitro benzene ring substituents is 1. The number of esters is 1. The van der Waals surface area contributed by atoms with E-state index in [-0.39, 0.29) is 26.8 Å². The van der Waals surface area contributed by atoms with Crippen LogP contribution in [0.25, 0.3) is 0 Å². The summed E-state index contributed by atoms with van der Waals surface area (Å²) in [6.45, 7) is 0. The van der Waals surface area contributed by atoms with Crippen LogP contribution in [0.4, 0.5) is 11.4 Å². The van der Waals surface area contributed by atoms with Crippen LogP contribution in [-0.4, -0.2) is 35.6 Å². The molecule has 0 spiro atoms. The summed E-state index contributed by atoms with van der Waals surface area (Å²) in [6.07, 6.45) is 0. The molecule has 1 heterocycles. The molecule has 0 fully saturated rings. The Balaban J connectivity index is 2.08. The van der Waals surface area contributed by atoms with Gasteiger partial charge in [0.15, 0.2) is 0 Å². The van der Waals surface area contributed by atoms with E-state index in [0.29, 0.717) is 5.69 Å². The number of nitro groups is 1. The Morgan fingerprint density at radius 2 is 2.08 bits per heavy atom. The molecule has 1 aromatic carbocycles. The van der Waals surface area contributed by atoms with Crippen molar-refractivity contribution in [3.63, 3.8) is 0 Å². The highest BCUT2D eigenvalue weighted by molar-refractivity contribution is 8.00. The summed E-state index contributed by atoms with van der Waals surface area (Å²) in [6, 6.07) is 5.34. The maximum Gasteiger partial charge on any atom is 0.350 e. The molecule has 2 amide bonds. The molecule has 0 saturated heterocycles. The summed E-state index contributed by atoms with van der Waals surface area (Å²) in [5.41, 5.74) is 5.11. The van der Waals surface area contributed by atoms with Gasteiger partial charge in [-0.1, -0.05) is 0 Å². The predicted octanol–water partition coefficient (Wildman–Crippen LogP) is 2.27. The number of rotatable bonds is 7. The van der Waals surface area contributed by atoms with E-state index in [1.807, 2.05) is 0 Å². The Morgan fingerprint density at radius 1 is 1.35 bits per heavy atom. The average molecular weight is 395 g/mol. The molecule has 0 radical (unpaired) electrons. The number of primary amides is 1. The van der Waals surface area contributed by atoms with E-state index in [4.69, 9.17) is 5.73 Å². The summed E-state index contributed by atoms with van der Waals surface area (Å²) in [5.74, 6) is -1.93. The number of nitrogens with zero attached hydrogens (tertiary/aromatic N) is 1. The van der Waals surface area contributed by atoms with Gasteiger partial charge >= 0.3 is 5.97 Å². The Bertz CT molecular complexity index is 880. The first kappa shape index (κ1) is 19.4. The summed E-state index contributed by atoms with van der Waals surface area (Å²) in [5, 5.41) is 15.3. The Kier molecular flexibility index (Phi) is 6.31. The number of thioether (sulfide) groups is 1. The van der Waals surface area contributed by atoms with Crippen molar-refractivity contribution in [3.05, 3.63) is 50.2 Å². The number of anilines is 1. The topological polar surface area (TPSA) is 142 Å². The fourth-order valence-electron chi connectivity index (χ4n) is 1.92. The zero-order valence-corrected chi connectivity index (χ0v) is 15.0. The van der Waals surface area contributed by atoms with Crippen molar-refractivity contribution in [1.29, 1.82) is 0 Å². The first-order valence-electron chi connectivity index (χ1n) is 7.00. The van der Waals surface area contributed by atoms with E-state index in [1.165, 1.54) is 19.2 Å². The van der Waals surface area contributed by atoms with E-state index >= 15 is 0 Å². The second kappa shape index (κ2) is 8.45. The van der Waals surface area contributed by atoms with Gasteiger partial charge in [-0.25, -0.2) is 4.79 Å². The molecular formula is C15H13N3O6S2. The quantitative estimate of drug-likeness (QED) is 0.317. The predicted molar refractivity (Wildman–Crippen MR) is 96.6 cm³/mol. The lowest BCUT2D eigenvalue weighted by atomic mass is 10.2. The summed E-state index contributed by atoms with van der Waals surface area (Å²) >= 11 is 2.05. The summed E-state index contributed by atoms with van der Waals surface area (Å²) in [4.78, 5) is 45.8. The third-order valence-corrected chi connectivity index (χ3v) is 5.07. The number of ether oxygens (including phenoxy) is 1.